The van der Waals surface area contributed by atoms with Crippen LogP contribution in [0.1, 0.15) is 39.4 Å². The molecule has 1 aromatic heterocycles. The van der Waals surface area contributed by atoms with Gasteiger partial charge in [0.1, 0.15) is 11.6 Å². The minimum Gasteiger partial charge on any atom is -0.481 e. The van der Waals surface area contributed by atoms with E-state index in [1.807, 2.05) is 10.6 Å². The van der Waals surface area contributed by atoms with Gasteiger partial charge in [0.2, 0.25) is 0 Å². The third-order valence-electron chi connectivity index (χ3n) is 7.60. The maximum atomic E-state index is 12.7. The lowest BCUT2D eigenvalue weighted by Crippen LogP contribution is -2.25. The van der Waals surface area contributed by atoms with Crippen LogP contribution in [-0.2, 0) is 17.8 Å². The summed E-state index contributed by atoms with van der Waals surface area (Å²) < 4.78 is 43.9. The first kappa shape index (κ1) is 27.3. The summed E-state index contributed by atoms with van der Waals surface area (Å²) in [6.45, 7) is 0.317. The van der Waals surface area contributed by atoms with Crippen LogP contribution in [-0.4, -0.2) is 39.4 Å². The molecule has 0 radical (unpaired) electrons. The zero-order chi connectivity index (χ0) is 29.4. The number of nitrogens with one attached hydrogen (secondary N) is 1. The Morgan fingerprint density at radius 3 is 2.57 bits per heavy atom. The number of alkyl halides is 3. The van der Waals surface area contributed by atoms with Gasteiger partial charge in [-0.2, -0.15) is 0 Å². The zero-order valence-corrected chi connectivity index (χ0v) is 22.3. The average Bonchev–Trinajstić information content (AvgIpc) is 3.50. The quantitative estimate of drug-likeness (QED) is 0.261. The summed E-state index contributed by atoms with van der Waals surface area (Å²) in [5.41, 5.74) is 5.80. The van der Waals surface area contributed by atoms with E-state index in [1.165, 1.54) is 23.3 Å². The Morgan fingerprint density at radius 1 is 1.02 bits per heavy atom. The van der Waals surface area contributed by atoms with E-state index >= 15 is 0 Å². The highest BCUT2D eigenvalue weighted by Gasteiger charge is 2.32. The minimum absolute atomic E-state index is 0.00142. The summed E-state index contributed by atoms with van der Waals surface area (Å²) >= 11 is 0. The topological polar surface area (TPSA) is 93.5 Å². The second-order valence-electron chi connectivity index (χ2n) is 10.4. The molecule has 0 aliphatic heterocycles. The zero-order valence-electron chi connectivity index (χ0n) is 22.3. The van der Waals surface area contributed by atoms with Gasteiger partial charge in [0.15, 0.2) is 0 Å². The molecule has 1 heterocycles. The van der Waals surface area contributed by atoms with E-state index in [9.17, 15) is 22.8 Å². The maximum absolute atomic E-state index is 12.7. The van der Waals surface area contributed by atoms with E-state index in [0.717, 1.165) is 23.1 Å². The number of ether oxygens (including phenoxy) is 1. The first-order chi connectivity index (χ1) is 20.1. The number of hydrogen-bond donors (Lipinski definition) is 2. The number of fused-ring (bicyclic) bond motifs is 4. The van der Waals surface area contributed by atoms with Crippen LogP contribution < -0.4 is 10.1 Å². The predicted octanol–water partition coefficient (Wildman–Crippen LogP) is 6.24. The van der Waals surface area contributed by atoms with E-state index < -0.39 is 18.2 Å². The van der Waals surface area contributed by atoms with Crippen LogP contribution >= 0.6 is 0 Å². The van der Waals surface area contributed by atoms with Crippen molar-refractivity contribution in [3.63, 3.8) is 0 Å². The Balaban J connectivity index is 1.37. The molecule has 10 heteroatoms. The standard InChI is InChI=1S/C32H26F3N3O4/c33-32(34,35)42-24-9-5-19(6-10-24)18-38-28-12-8-22(31(41)36-14-13-29(39)40)17-27(28)37-30(38)21-7-11-26-23(16-21)15-20-3-1-2-4-25(20)26/h1-12,16-17,20,25H,13-15,18H2,(H,36,41)(H,39,40). The van der Waals surface area contributed by atoms with Crippen molar-refractivity contribution in [2.45, 2.75) is 31.7 Å². The number of aromatic nitrogens is 2. The summed E-state index contributed by atoms with van der Waals surface area (Å²) in [6, 6.07) is 17.1. The summed E-state index contributed by atoms with van der Waals surface area (Å²) in [5.74, 6) is -0.295. The molecule has 2 atom stereocenters. The fourth-order valence-corrected chi connectivity index (χ4v) is 5.70. The van der Waals surface area contributed by atoms with Gasteiger partial charge in [-0.3, -0.25) is 9.59 Å². The normalized spacial score (nSPS) is 17.2. The highest BCUT2D eigenvalue weighted by atomic mass is 19.4. The van der Waals surface area contributed by atoms with Crippen LogP contribution in [0.15, 0.2) is 85.0 Å². The number of imidazole rings is 1. The first-order valence-corrected chi connectivity index (χ1v) is 13.5. The van der Waals surface area contributed by atoms with Crippen molar-refractivity contribution >= 4 is 22.9 Å². The van der Waals surface area contributed by atoms with Gasteiger partial charge in [-0.05, 0) is 65.4 Å². The Morgan fingerprint density at radius 2 is 1.81 bits per heavy atom. The van der Waals surface area contributed by atoms with Crippen LogP contribution in [0.4, 0.5) is 13.2 Å². The first-order valence-electron chi connectivity index (χ1n) is 13.5. The van der Waals surface area contributed by atoms with Crippen LogP contribution in [0.2, 0.25) is 0 Å². The third-order valence-corrected chi connectivity index (χ3v) is 7.60. The van der Waals surface area contributed by atoms with Crippen molar-refractivity contribution in [2.24, 2.45) is 5.92 Å². The second-order valence-corrected chi connectivity index (χ2v) is 10.4. The van der Waals surface area contributed by atoms with Gasteiger partial charge in [0.05, 0.1) is 17.5 Å². The van der Waals surface area contributed by atoms with Gasteiger partial charge in [0, 0.05) is 30.1 Å². The molecule has 0 saturated carbocycles. The van der Waals surface area contributed by atoms with Crippen LogP contribution in [0.25, 0.3) is 22.4 Å². The largest absolute Gasteiger partial charge is 0.573 e. The SMILES string of the molecule is O=C(O)CCNC(=O)c1ccc2c(c1)nc(-c1ccc3c(c1)CC1C=CC=CC31)n2Cc1ccc(OC(F)(F)F)cc1. The van der Waals surface area contributed by atoms with Crippen molar-refractivity contribution in [1.29, 1.82) is 0 Å². The van der Waals surface area contributed by atoms with Crippen molar-refractivity contribution in [2.75, 3.05) is 6.54 Å². The molecule has 6 rings (SSSR count). The smallest absolute Gasteiger partial charge is 0.481 e. The Kier molecular flexibility index (Phi) is 7.06. The van der Waals surface area contributed by atoms with E-state index in [1.54, 1.807) is 30.3 Å². The van der Waals surface area contributed by atoms with Gasteiger partial charge in [-0.1, -0.05) is 48.6 Å². The van der Waals surface area contributed by atoms with Gasteiger partial charge < -0.3 is 19.7 Å². The number of rotatable bonds is 8. The molecular formula is C32H26F3N3O4. The molecule has 214 valence electrons. The fourth-order valence-electron chi connectivity index (χ4n) is 5.70. The molecule has 7 nitrogen and oxygen atoms in total. The lowest BCUT2D eigenvalue weighted by atomic mass is 9.89. The molecule has 0 saturated heterocycles. The van der Waals surface area contributed by atoms with Crippen molar-refractivity contribution in [1.82, 2.24) is 14.9 Å². The molecule has 3 aromatic carbocycles. The average molecular weight is 574 g/mol. The summed E-state index contributed by atoms with van der Waals surface area (Å²) in [7, 11) is 0. The number of amides is 1. The van der Waals surface area contributed by atoms with Gasteiger partial charge >= 0.3 is 12.3 Å². The lowest BCUT2D eigenvalue weighted by molar-refractivity contribution is -0.274. The molecule has 0 fully saturated rings. The van der Waals surface area contributed by atoms with E-state index in [0.29, 0.717) is 35.3 Å². The molecule has 4 aromatic rings. The van der Waals surface area contributed by atoms with Crippen molar-refractivity contribution in [3.05, 3.63) is 107 Å². The number of allylic oxidation sites excluding steroid dienone is 4. The Hall–Kier alpha value is -4.86. The van der Waals surface area contributed by atoms with E-state index in [4.69, 9.17) is 10.1 Å². The van der Waals surface area contributed by atoms with E-state index in [2.05, 4.69) is 46.5 Å². The highest BCUT2D eigenvalue weighted by molar-refractivity contribution is 5.98. The summed E-state index contributed by atoms with van der Waals surface area (Å²) in [5, 5.41) is 11.5. The Bertz CT molecular complexity index is 1740. The molecule has 2 aliphatic carbocycles. The summed E-state index contributed by atoms with van der Waals surface area (Å²) in [4.78, 5) is 28.4. The highest BCUT2D eigenvalue weighted by Crippen LogP contribution is 2.43. The summed E-state index contributed by atoms with van der Waals surface area (Å²) in [6.07, 6.45) is 4.55. The van der Waals surface area contributed by atoms with E-state index in [-0.39, 0.29) is 18.7 Å². The van der Waals surface area contributed by atoms with Crippen LogP contribution in [0.5, 0.6) is 5.75 Å². The molecule has 2 N–H and O–H groups in total. The van der Waals surface area contributed by atoms with Crippen LogP contribution in [0.3, 0.4) is 0 Å². The maximum Gasteiger partial charge on any atom is 0.573 e. The number of nitrogens with zero attached hydrogens (tertiary/aromatic N) is 2. The number of carboxylic acid groups (broad SMARTS) is 1. The lowest BCUT2D eigenvalue weighted by Gasteiger charge is -2.15. The minimum atomic E-state index is -4.77. The predicted molar refractivity (Wildman–Crippen MR) is 150 cm³/mol. The monoisotopic (exact) mass is 573 g/mol. The number of aliphatic carboxylic acids is 1. The molecule has 2 unspecified atom stereocenters. The Labute approximate surface area is 238 Å². The number of carboxylic acids is 1. The van der Waals surface area contributed by atoms with Gasteiger partial charge in [-0.25, -0.2) is 4.98 Å². The van der Waals surface area contributed by atoms with Gasteiger partial charge in [-0.15, -0.1) is 13.2 Å². The number of carbonyl (C=O) groups excluding carboxylic acids is 1. The number of hydrogen-bond acceptors (Lipinski definition) is 4. The second kappa shape index (κ2) is 10.8. The molecule has 42 heavy (non-hydrogen) atoms. The number of benzene rings is 3. The number of halogens is 3. The fraction of sp³-hybridized carbons (Fsp3) is 0.219. The third kappa shape index (κ3) is 5.65. The van der Waals surface area contributed by atoms with Crippen LogP contribution in [0, 0.1) is 5.92 Å². The molecular weight excluding hydrogens is 547 g/mol. The molecule has 1 amide bonds. The van der Waals surface area contributed by atoms with Gasteiger partial charge in [0.25, 0.3) is 5.91 Å². The van der Waals surface area contributed by atoms with Crippen molar-refractivity contribution < 1.29 is 32.6 Å². The molecule has 0 spiro atoms. The number of carbonyl (C=O) groups is 2. The molecule has 0 bridgehead atoms. The van der Waals surface area contributed by atoms with Crippen molar-refractivity contribution in [3.8, 4) is 17.1 Å². The molecule has 2 aliphatic rings.